The lowest BCUT2D eigenvalue weighted by Gasteiger charge is -2.30. The fourth-order valence-electron chi connectivity index (χ4n) is 2.02. The van der Waals surface area contributed by atoms with Crippen LogP contribution in [0.2, 0.25) is 0 Å². The van der Waals surface area contributed by atoms with E-state index >= 15 is 0 Å². The molecule has 1 unspecified atom stereocenters. The molecule has 0 bridgehead atoms. The normalized spacial score (nSPS) is 24.2. The van der Waals surface area contributed by atoms with Crippen molar-refractivity contribution in [3.63, 3.8) is 0 Å². The van der Waals surface area contributed by atoms with Crippen molar-refractivity contribution in [1.82, 2.24) is 4.90 Å². The van der Waals surface area contributed by atoms with Gasteiger partial charge in [-0.15, -0.1) is 0 Å². The predicted octanol–water partition coefficient (Wildman–Crippen LogP) is 1.26. The van der Waals surface area contributed by atoms with Crippen molar-refractivity contribution in [3.05, 3.63) is 0 Å². The molecule has 3 nitrogen and oxygen atoms in total. The van der Waals surface area contributed by atoms with Crippen molar-refractivity contribution in [3.8, 4) is 0 Å². The summed E-state index contributed by atoms with van der Waals surface area (Å²) in [5.74, 6) is 0. The zero-order valence-corrected chi connectivity index (χ0v) is 9.62. The third-order valence-electron chi connectivity index (χ3n) is 2.45. The summed E-state index contributed by atoms with van der Waals surface area (Å²) in [6, 6.07) is 0. The number of rotatable bonds is 4. The highest BCUT2D eigenvalue weighted by Gasteiger charge is 2.20. The van der Waals surface area contributed by atoms with Gasteiger partial charge in [-0.2, -0.15) is 0 Å². The SMILES string of the molecule is CN(CC1CCCCO1)CC(C)(C)O. The maximum atomic E-state index is 9.64. The lowest BCUT2D eigenvalue weighted by atomic mass is 10.1. The van der Waals surface area contributed by atoms with Gasteiger partial charge in [0.2, 0.25) is 0 Å². The van der Waals surface area contributed by atoms with E-state index in [1.54, 1.807) is 0 Å². The number of likely N-dealkylation sites (N-methyl/N-ethyl adjacent to an activating group) is 1. The van der Waals surface area contributed by atoms with E-state index < -0.39 is 5.60 Å². The van der Waals surface area contributed by atoms with Gasteiger partial charge in [-0.25, -0.2) is 0 Å². The maximum Gasteiger partial charge on any atom is 0.0718 e. The number of nitrogens with zero attached hydrogens (tertiary/aromatic N) is 1. The topological polar surface area (TPSA) is 32.7 Å². The van der Waals surface area contributed by atoms with Gasteiger partial charge in [0.15, 0.2) is 0 Å². The average Bonchev–Trinajstić information content (AvgIpc) is 2.02. The standard InChI is InChI=1S/C11H23NO2/c1-11(2,13)9-12(3)8-10-6-4-5-7-14-10/h10,13H,4-9H2,1-3H3. The monoisotopic (exact) mass is 201 g/mol. The van der Waals surface area contributed by atoms with Gasteiger partial charge < -0.3 is 14.7 Å². The zero-order chi connectivity index (χ0) is 10.6. The molecule has 0 radical (unpaired) electrons. The number of aliphatic hydroxyl groups is 1. The Morgan fingerprint density at radius 2 is 2.14 bits per heavy atom. The summed E-state index contributed by atoms with van der Waals surface area (Å²) in [4.78, 5) is 2.15. The average molecular weight is 201 g/mol. The molecular weight excluding hydrogens is 178 g/mol. The Bertz CT molecular complexity index is 159. The molecule has 1 saturated heterocycles. The van der Waals surface area contributed by atoms with Crippen LogP contribution in [0.5, 0.6) is 0 Å². The first-order chi connectivity index (χ1) is 6.47. The van der Waals surface area contributed by atoms with Gasteiger partial charge in [0.05, 0.1) is 11.7 Å². The molecule has 1 fully saturated rings. The zero-order valence-electron chi connectivity index (χ0n) is 9.62. The highest BCUT2D eigenvalue weighted by atomic mass is 16.5. The molecule has 0 aromatic heterocycles. The van der Waals surface area contributed by atoms with Gasteiger partial charge in [-0.3, -0.25) is 0 Å². The third kappa shape index (κ3) is 4.94. The van der Waals surface area contributed by atoms with E-state index in [9.17, 15) is 5.11 Å². The molecule has 0 aromatic carbocycles. The molecule has 1 atom stereocenters. The summed E-state index contributed by atoms with van der Waals surface area (Å²) in [6.07, 6.45) is 4.01. The Balaban J connectivity index is 2.21. The number of ether oxygens (including phenoxy) is 1. The largest absolute Gasteiger partial charge is 0.389 e. The van der Waals surface area contributed by atoms with Crippen LogP contribution in [0.4, 0.5) is 0 Å². The first-order valence-corrected chi connectivity index (χ1v) is 5.50. The van der Waals surface area contributed by atoms with Crippen LogP contribution < -0.4 is 0 Å². The quantitative estimate of drug-likeness (QED) is 0.743. The highest BCUT2D eigenvalue weighted by Crippen LogP contribution is 2.14. The van der Waals surface area contributed by atoms with Crippen molar-refractivity contribution in [2.75, 3.05) is 26.7 Å². The molecule has 1 N–H and O–H groups in total. The summed E-state index contributed by atoms with van der Waals surface area (Å²) >= 11 is 0. The molecule has 3 heteroatoms. The van der Waals surface area contributed by atoms with Crippen LogP contribution in [0.15, 0.2) is 0 Å². The van der Waals surface area contributed by atoms with Crippen LogP contribution >= 0.6 is 0 Å². The van der Waals surface area contributed by atoms with Gasteiger partial charge in [-0.05, 0) is 40.2 Å². The molecule has 0 saturated carbocycles. The maximum absolute atomic E-state index is 9.64. The fourth-order valence-corrected chi connectivity index (χ4v) is 2.02. The number of hydrogen-bond acceptors (Lipinski definition) is 3. The predicted molar refractivity (Wildman–Crippen MR) is 57.4 cm³/mol. The van der Waals surface area contributed by atoms with Crippen molar-refractivity contribution < 1.29 is 9.84 Å². The molecule has 1 heterocycles. The van der Waals surface area contributed by atoms with Crippen molar-refractivity contribution >= 4 is 0 Å². The minimum absolute atomic E-state index is 0.371. The smallest absolute Gasteiger partial charge is 0.0718 e. The van der Waals surface area contributed by atoms with Crippen LogP contribution in [0.3, 0.4) is 0 Å². The van der Waals surface area contributed by atoms with Gasteiger partial charge in [0, 0.05) is 19.7 Å². The molecule has 0 aromatic rings. The molecule has 0 aliphatic carbocycles. The molecule has 0 amide bonds. The summed E-state index contributed by atoms with van der Waals surface area (Å²) < 4.78 is 5.64. The fraction of sp³-hybridized carbons (Fsp3) is 1.00. The van der Waals surface area contributed by atoms with E-state index in [0.29, 0.717) is 12.6 Å². The molecule has 0 spiro atoms. The van der Waals surface area contributed by atoms with Crippen molar-refractivity contribution in [2.45, 2.75) is 44.8 Å². The van der Waals surface area contributed by atoms with Crippen molar-refractivity contribution in [1.29, 1.82) is 0 Å². The Morgan fingerprint density at radius 3 is 2.64 bits per heavy atom. The first kappa shape index (κ1) is 12.0. The van der Waals surface area contributed by atoms with E-state index in [2.05, 4.69) is 4.90 Å². The number of hydrogen-bond donors (Lipinski definition) is 1. The summed E-state index contributed by atoms with van der Waals surface area (Å²) in [6.45, 7) is 6.22. The minimum Gasteiger partial charge on any atom is -0.389 e. The second-order valence-electron chi connectivity index (χ2n) is 5.00. The van der Waals surface area contributed by atoms with Gasteiger partial charge in [0.25, 0.3) is 0 Å². The molecule has 14 heavy (non-hydrogen) atoms. The lowest BCUT2D eigenvalue weighted by Crippen LogP contribution is -2.41. The Hall–Kier alpha value is -0.120. The molecule has 1 rings (SSSR count). The van der Waals surface area contributed by atoms with E-state index in [1.807, 2.05) is 20.9 Å². The lowest BCUT2D eigenvalue weighted by molar-refractivity contribution is -0.0188. The minimum atomic E-state index is -0.608. The highest BCUT2D eigenvalue weighted by molar-refractivity contribution is 4.73. The van der Waals surface area contributed by atoms with E-state index in [1.165, 1.54) is 12.8 Å². The summed E-state index contributed by atoms with van der Waals surface area (Å²) in [5, 5.41) is 9.64. The summed E-state index contributed by atoms with van der Waals surface area (Å²) in [7, 11) is 2.04. The Labute approximate surface area is 87.1 Å². The first-order valence-electron chi connectivity index (χ1n) is 5.50. The third-order valence-corrected chi connectivity index (χ3v) is 2.45. The van der Waals surface area contributed by atoms with E-state index in [-0.39, 0.29) is 0 Å². The molecule has 1 aliphatic heterocycles. The molecule has 1 aliphatic rings. The van der Waals surface area contributed by atoms with Gasteiger partial charge >= 0.3 is 0 Å². The second-order valence-corrected chi connectivity index (χ2v) is 5.00. The van der Waals surface area contributed by atoms with Crippen LogP contribution in [0, 0.1) is 0 Å². The van der Waals surface area contributed by atoms with Crippen LogP contribution in [-0.2, 0) is 4.74 Å². The summed E-state index contributed by atoms with van der Waals surface area (Å²) in [5.41, 5.74) is -0.608. The Kier molecular flexibility index (Phi) is 4.35. The second kappa shape index (κ2) is 5.10. The van der Waals surface area contributed by atoms with Crippen LogP contribution in [-0.4, -0.2) is 48.5 Å². The van der Waals surface area contributed by atoms with Crippen LogP contribution in [0.25, 0.3) is 0 Å². The van der Waals surface area contributed by atoms with Crippen LogP contribution in [0.1, 0.15) is 33.1 Å². The molecule has 84 valence electrons. The van der Waals surface area contributed by atoms with Gasteiger partial charge in [-0.1, -0.05) is 0 Å². The van der Waals surface area contributed by atoms with E-state index in [0.717, 1.165) is 19.6 Å². The molecular formula is C11H23NO2. The van der Waals surface area contributed by atoms with Gasteiger partial charge in [0.1, 0.15) is 0 Å². The van der Waals surface area contributed by atoms with E-state index in [4.69, 9.17) is 4.74 Å². The van der Waals surface area contributed by atoms with Crippen molar-refractivity contribution in [2.24, 2.45) is 0 Å². The Morgan fingerprint density at radius 1 is 1.43 bits per heavy atom.